The Morgan fingerprint density at radius 2 is 2.20 bits per heavy atom. The van der Waals surface area contributed by atoms with Crippen molar-refractivity contribution in [3.8, 4) is 12.3 Å². The molecule has 0 saturated heterocycles. The normalized spacial score (nSPS) is 9.47. The number of carbonyl (C=O) groups excluding carboxylic acids is 2. The summed E-state index contributed by atoms with van der Waals surface area (Å²) in [5, 5.41) is 2.59. The monoisotopic (exact) mass is 212 g/mol. The first-order valence-corrected chi connectivity index (χ1v) is 4.55. The van der Waals surface area contributed by atoms with Gasteiger partial charge in [0.25, 0.3) is 0 Å². The zero-order valence-electron chi connectivity index (χ0n) is 9.08. The number of nitrogens with one attached hydrogen (secondary N) is 1. The Hall–Kier alpha value is -1.54. The number of rotatable bonds is 6. The Labute approximate surface area is 89.8 Å². The summed E-state index contributed by atoms with van der Waals surface area (Å²) in [4.78, 5) is 23.6. The van der Waals surface area contributed by atoms with Crippen molar-refractivity contribution in [2.75, 3.05) is 33.8 Å². The molecule has 0 fully saturated rings. The topological polar surface area (TPSA) is 58.6 Å². The van der Waals surface area contributed by atoms with E-state index in [2.05, 4.69) is 16.0 Å². The number of esters is 1. The van der Waals surface area contributed by atoms with Crippen LogP contribution in [-0.4, -0.2) is 50.6 Å². The van der Waals surface area contributed by atoms with Gasteiger partial charge in [-0.3, -0.25) is 14.5 Å². The van der Waals surface area contributed by atoms with Gasteiger partial charge in [-0.2, -0.15) is 0 Å². The van der Waals surface area contributed by atoms with Gasteiger partial charge in [0.1, 0.15) is 0 Å². The van der Waals surface area contributed by atoms with Crippen molar-refractivity contribution < 1.29 is 14.3 Å². The number of hydrogen-bond acceptors (Lipinski definition) is 4. The molecule has 0 bridgehead atoms. The Balaban J connectivity index is 3.58. The minimum Gasteiger partial charge on any atom is -0.469 e. The van der Waals surface area contributed by atoms with E-state index in [0.717, 1.165) is 0 Å². The van der Waals surface area contributed by atoms with Crippen molar-refractivity contribution in [3.05, 3.63) is 0 Å². The number of terminal acetylenes is 1. The van der Waals surface area contributed by atoms with Gasteiger partial charge in [-0.25, -0.2) is 0 Å². The van der Waals surface area contributed by atoms with Gasteiger partial charge in [0.2, 0.25) is 5.91 Å². The lowest BCUT2D eigenvalue weighted by molar-refractivity contribution is -0.140. The lowest BCUT2D eigenvalue weighted by atomic mass is 10.4. The smallest absolute Gasteiger partial charge is 0.307 e. The summed E-state index contributed by atoms with van der Waals surface area (Å²) >= 11 is 0. The van der Waals surface area contributed by atoms with Gasteiger partial charge in [0.05, 0.1) is 26.6 Å². The largest absolute Gasteiger partial charge is 0.469 e. The molecule has 0 saturated carbocycles. The summed E-state index contributed by atoms with van der Waals surface area (Å²) in [6, 6.07) is 0. The fourth-order valence-electron chi connectivity index (χ4n) is 0.919. The van der Waals surface area contributed by atoms with Crippen LogP contribution in [0.15, 0.2) is 0 Å². The van der Waals surface area contributed by atoms with Crippen molar-refractivity contribution in [1.29, 1.82) is 0 Å². The predicted octanol–water partition coefficient (Wildman–Crippen LogP) is -0.769. The first-order chi connectivity index (χ1) is 7.10. The molecule has 0 unspecified atom stereocenters. The van der Waals surface area contributed by atoms with Crippen LogP contribution >= 0.6 is 0 Å². The van der Waals surface area contributed by atoms with Gasteiger partial charge >= 0.3 is 5.97 Å². The average molecular weight is 212 g/mol. The fraction of sp³-hybridized carbons (Fsp3) is 0.600. The molecule has 5 nitrogen and oxygen atoms in total. The van der Waals surface area contributed by atoms with E-state index < -0.39 is 0 Å². The highest BCUT2D eigenvalue weighted by Crippen LogP contribution is 1.83. The first-order valence-electron chi connectivity index (χ1n) is 4.55. The molecule has 0 rings (SSSR count). The van der Waals surface area contributed by atoms with Crippen LogP contribution in [0.4, 0.5) is 0 Å². The summed E-state index contributed by atoms with van der Waals surface area (Å²) in [7, 11) is 3.06. The second-order valence-corrected chi connectivity index (χ2v) is 3.05. The number of methoxy groups -OCH3 is 1. The predicted molar refractivity (Wildman–Crippen MR) is 56.0 cm³/mol. The molecule has 5 heteroatoms. The van der Waals surface area contributed by atoms with E-state index in [9.17, 15) is 9.59 Å². The number of carbonyl (C=O) groups is 2. The molecule has 0 aliphatic carbocycles. The summed E-state index contributed by atoms with van der Waals surface area (Å²) in [5.74, 6) is 1.93. The fourth-order valence-corrected chi connectivity index (χ4v) is 0.919. The number of likely N-dealkylation sites (N-methyl/N-ethyl adjacent to an activating group) is 1. The summed E-state index contributed by atoms with van der Waals surface area (Å²) in [6.45, 7) is 0.936. The minimum absolute atomic E-state index is 0.156. The maximum absolute atomic E-state index is 11.2. The van der Waals surface area contributed by atoms with Crippen molar-refractivity contribution in [3.63, 3.8) is 0 Å². The molecular weight excluding hydrogens is 196 g/mol. The number of nitrogens with zero attached hydrogens (tertiary/aromatic N) is 1. The van der Waals surface area contributed by atoms with Crippen molar-refractivity contribution in [1.82, 2.24) is 10.2 Å². The maximum atomic E-state index is 11.2. The van der Waals surface area contributed by atoms with Gasteiger partial charge in [-0.05, 0) is 7.05 Å². The third kappa shape index (κ3) is 7.52. The molecule has 0 heterocycles. The molecule has 0 aliphatic rings. The molecule has 1 N–H and O–H groups in total. The van der Waals surface area contributed by atoms with E-state index in [-0.39, 0.29) is 31.4 Å². The van der Waals surface area contributed by atoms with Gasteiger partial charge in [-0.1, -0.05) is 5.92 Å². The quantitative estimate of drug-likeness (QED) is 0.464. The number of ether oxygens (including phenoxy) is 1. The van der Waals surface area contributed by atoms with E-state index in [0.29, 0.717) is 6.54 Å². The van der Waals surface area contributed by atoms with E-state index in [1.165, 1.54) is 7.11 Å². The Kier molecular flexibility index (Phi) is 7.02. The van der Waals surface area contributed by atoms with E-state index >= 15 is 0 Å². The molecule has 84 valence electrons. The standard InChI is InChI=1S/C10H16N2O3/c1-4-7-12(2)8-9(13)11-6-5-10(14)15-3/h1H,5-8H2,2-3H3,(H,11,13). The SMILES string of the molecule is C#CCN(C)CC(=O)NCCC(=O)OC. The summed E-state index contributed by atoms with van der Waals surface area (Å²) < 4.78 is 4.42. The Morgan fingerprint density at radius 1 is 1.53 bits per heavy atom. The maximum Gasteiger partial charge on any atom is 0.307 e. The van der Waals surface area contributed by atoms with Gasteiger partial charge < -0.3 is 10.1 Å². The van der Waals surface area contributed by atoms with Gasteiger partial charge in [-0.15, -0.1) is 6.42 Å². The van der Waals surface area contributed by atoms with Crippen LogP contribution in [0.3, 0.4) is 0 Å². The molecule has 0 atom stereocenters. The molecule has 15 heavy (non-hydrogen) atoms. The Morgan fingerprint density at radius 3 is 2.73 bits per heavy atom. The number of hydrogen-bond donors (Lipinski definition) is 1. The zero-order valence-corrected chi connectivity index (χ0v) is 9.08. The first kappa shape index (κ1) is 13.5. The zero-order chi connectivity index (χ0) is 11.7. The van der Waals surface area contributed by atoms with Crippen LogP contribution < -0.4 is 5.32 Å². The molecule has 0 aromatic rings. The summed E-state index contributed by atoms with van der Waals surface area (Å²) in [6.07, 6.45) is 5.26. The lowest BCUT2D eigenvalue weighted by Crippen LogP contribution is -2.36. The van der Waals surface area contributed by atoms with Crippen LogP contribution in [0, 0.1) is 12.3 Å². The summed E-state index contributed by atoms with van der Waals surface area (Å²) in [5.41, 5.74) is 0. The van der Waals surface area contributed by atoms with Crippen LogP contribution in [0.5, 0.6) is 0 Å². The highest BCUT2D eigenvalue weighted by molar-refractivity contribution is 5.78. The molecule has 1 amide bonds. The number of amides is 1. The molecule has 0 spiro atoms. The highest BCUT2D eigenvalue weighted by atomic mass is 16.5. The van der Waals surface area contributed by atoms with Gasteiger partial charge in [0.15, 0.2) is 0 Å². The second-order valence-electron chi connectivity index (χ2n) is 3.05. The van der Waals surface area contributed by atoms with Gasteiger partial charge in [0, 0.05) is 6.54 Å². The molecular formula is C10H16N2O3. The molecule has 0 aromatic heterocycles. The van der Waals surface area contributed by atoms with Crippen molar-refractivity contribution >= 4 is 11.9 Å². The highest BCUT2D eigenvalue weighted by Gasteiger charge is 2.06. The van der Waals surface area contributed by atoms with Crippen LogP contribution in [0.2, 0.25) is 0 Å². The second kappa shape index (κ2) is 7.83. The van der Waals surface area contributed by atoms with E-state index in [1.54, 1.807) is 11.9 Å². The lowest BCUT2D eigenvalue weighted by Gasteiger charge is -2.12. The minimum atomic E-state index is -0.340. The van der Waals surface area contributed by atoms with E-state index in [4.69, 9.17) is 6.42 Å². The average Bonchev–Trinajstić information content (AvgIpc) is 2.17. The van der Waals surface area contributed by atoms with Crippen LogP contribution in [0.1, 0.15) is 6.42 Å². The third-order valence-electron chi connectivity index (χ3n) is 1.65. The van der Waals surface area contributed by atoms with Crippen molar-refractivity contribution in [2.24, 2.45) is 0 Å². The molecule has 0 aliphatic heterocycles. The van der Waals surface area contributed by atoms with E-state index in [1.807, 2.05) is 0 Å². The van der Waals surface area contributed by atoms with Crippen LogP contribution in [-0.2, 0) is 14.3 Å². The molecule has 0 aromatic carbocycles. The molecule has 0 radical (unpaired) electrons. The van der Waals surface area contributed by atoms with Crippen LogP contribution in [0.25, 0.3) is 0 Å². The Bertz CT molecular complexity index is 258. The third-order valence-corrected chi connectivity index (χ3v) is 1.65. The van der Waals surface area contributed by atoms with Crippen molar-refractivity contribution in [2.45, 2.75) is 6.42 Å².